The van der Waals surface area contributed by atoms with Crippen LogP contribution in [-0.2, 0) is 4.79 Å². The summed E-state index contributed by atoms with van der Waals surface area (Å²) < 4.78 is 0. The van der Waals surface area contributed by atoms with E-state index in [0.29, 0.717) is 0 Å². The highest BCUT2D eigenvalue weighted by Crippen LogP contribution is 2.25. The van der Waals surface area contributed by atoms with Gasteiger partial charge >= 0.3 is 0 Å². The maximum atomic E-state index is 11.8. The molecule has 15 heavy (non-hydrogen) atoms. The molecule has 1 rings (SSSR count). The molecule has 0 aromatic rings. The molecule has 0 aromatic carbocycles. The van der Waals surface area contributed by atoms with Gasteiger partial charge in [-0.3, -0.25) is 4.79 Å². The molecule has 1 amide bonds. The third kappa shape index (κ3) is 3.66. The van der Waals surface area contributed by atoms with Gasteiger partial charge in [0.15, 0.2) is 0 Å². The lowest BCUT2D eigenvalue weighted by Crippen LogP contribution is -2.54. The van der Waals surface area contributed by atoms with Gasteiger partial charge in [0.05, 0.1) is 24.0 Å². The van der Waals surface area contributed by atoms with Gasteiger partial charge < -0.3 is 15.5 Å². The van der Waals surface area contributed by atoms with Crippen molar-refractivity contribution >= 4 is 17.7 Å². The molecule has 1 aliphatic heterocycles. The van der Waals surface area contributed by atoms with Crippen LogP contribution in [0.5, 0.6) is 0 Å². The van der Waals surface area contributed by atoms with E-state index in [9.17, 15) is 4.79 Å². The van der Waals surface area contributed by atoms with Gasteiger partial charge in [0.2, 0.25) is 5.91 Å². The summed E-state index contributed by atoms with van der Waals surface area (Å²) in [5, 5.41) is 20.8. The van der Waals surface area contributed by atoms with Gasteiger partial charge in [-0.2, -0.15) is 0 Å². The van der Waals surface area contributed by atoms with E-state index in [1.54, 1.807) is 18.7 Å². The standard InChI is InChI=1S/C10H19NO3S/c1-10(6-12,7-13)11-9(14)8-4-2-3-5-15-8/h8,12-13H,2-7H2,1H3,(H,11,14). The van der Waals surface area contributed by atoms with Crippen LogP contribution in [0.1, 0.15) is 26.2 Å². The average Bonchev–Trinajstić information content (AvgIpc) is 2.30. The molecule has 0 saturated carbocycles. The number of thioether (sulfide) groups is 1. The topological polar surface area (TPSA) is 69.6 Å². The Kier molecular flexibility index (Phi) is 4.89. The molecule has 0 spiro atoms. The predicted molar refractivity (Wildman–Crippen MR) is 60.8 cm³/mol. The number of amides is 1. The Bertz CT molecular complexity index is 213. The fourth-order valence-electron chi connectivity index (χ4n) is 1.45. The summed E-state index contributed by atoms with van der Waals surface area (Å²) in [6.07, 6.45) is 3.15. The molecule has 1 fully saturated rings. The first kappa shape index (κ1) is 12.8. The summed E-state index contributed by atoms with van der Waals surface area (Å²) in [7, 11) is 0. The molecule has 88 valence electrons. The van der Waals surface area contributed by atoms with E-state index < -0.39 is 5.54 Å². The van der Waals surface area contributed by atoms with Crippen molar-refractivity contribution in [2.45, 2.75) is 37.0 Å². The predicted octanol–water partition coefficient (Wildman–Crippen LogP) is 0.132. The maximum absolute atomic E-state index is 11.8. The highest BCUT2D eigenvalue weighted by atomic mass is 32.2. The number of aliphatic hydroxyl groups excluding tert-OH is 2. The molecule has 4 nitrogen and oxygen atoms in total. The molecule has 0 radical (unpaired) electrons. The van der Waals surface area contributed by atoms with Crippen LogP contribution < -0.4 is 5.32 Å². The third-order valence-electron chi connectivity index (χ3n) is 2.60. The van der Waals surface area contributed by atoms with Gasteiger partial charge in [-0.15, -0.1) is 11.8 Å². The van der Waals surface area contributed by atoms with Gasteiger partial charge in [-0.25, -0.2) is 0 Å². The molecule has 1 aliphatic rings. The Balaban J connectivity index is 2.46. The smallest absolute Gasteiger partial charge is 0.233 e. The number of rotatable bonds is 4. The monoisotopic (exact) mass is 233 g/mol. The molecule has 1 unspecified atom stereocenters. The van der Waals surface area contributed by atoms with Crippen molar-refractivity contribution in [3.8, 4) is 0 Å². The van der Waals surface area contributed by atoms with Crippen LogP contribution in [0.15, 0.2) is 0 Å². The molecule has 1 saturated heterocycles. The Morgan fingerprint density at radius 1 is 1.47 bits per heavy atom. The van der Waals surface area contributed by atoms with Crippen LogP contribution in [0.4, 0.5) is 0 Å². The quantitative estimate of drug-likeness (QED) is 0.645. The number of hydrogen-bond acceptors (Lipinski definition) is 4. The van der Waals surface area contributed by atoms with Crippen molar-refractivity contribution in [1.29, 1.82) is 0 Å². The molecular formula is C10H19NO3S. The number of aliphatic hydroxyl groups is 2. The van der Waals surface area contributed by atoms with Crippen LogP contribution in [0, 0.1) is 0 Å². The van der Waals surface area contributed by atoms with Gasteiger partial charge in [0.25, 0.3) is 0 Å². The number of carbonyl (C=O) groups is 1. The van der Waals surface area contributed by atoms with Crippen molar-refractivity contribution in [1.82, 2.24) is 5.32 Å². The minimum Gasteiger partial charge on any atom is -0.394 e. The Morgan fingerprint density at radius 2 is 2.13 bits per heavy atom. The Morgan fingerprint density at radius 3 is 2.60 bits per heavy atom. The van der Waals surface area contributed by atoms with Crippen LogP contribution in [0.3, 0.4) is 0 Å². The van der Waals surface area contributed by atoms with Gasteiger partial charge in [0, 0.05) is 0 Å². The molecule has 5 heteroatoms. The van der Waals surface area contributed by atoms with Crippen LogP contribution in [0.25, 0.3) is 0 Å². The van der Waals surface area contributed by atoms with E-state index in [-0.39, 0.29) is 24.4 Å². The fraction of sp³-hybridized carbons (Fsp3) is 0.900. The van der Waals surface area contributed by atoms with Crippen LogP contribution >= 0.6 is 11.8 Å². The van der Waals surface area contributed by atoms with Crippen molar-refractivity contribution in [3.05, 3.63) is 0 Å². The van der Waals surface area contributed by atoms with Crippen LogP contribution in [-0.4, -0.2) is 45.9 Å². The first-order valence-corrected chi connectivity index (χ1v) is 6.31. The lowest BCUT2D eigenvalue weighted by molar-refractivity contribution is -0.123. The van der Waals surface area contributed by atoms with Crippen molar-refractivity contribution in [2.75, 3.05) is 19.0 Å². The van der Waals surface area contributed by atoms with Crippen molar-refractivity contribution in [3.63, 3.8) is 0 Å². The minimum atomic E-state index is -0.894. The zero-order chi connectivity index (χ0) is 11.3. The third-order valence-corrected chi connectivity index (χ3v) is 3.97. The Hall–Kier alpha value is -0.260. The zero-order valence-electron chi connectivity index (χ0n) is 9.03. The summed E-state index contributed by atoms with van der Waals surface area (Å²) in [6.45, 7) is 1.15. The average molecular weight is 233 g/mol. The first-order chi connectivity index (χ1) is 7.11. The van der Waals surface area contributed by atoms with E-state index in [1.807, 2.05) is 0 Å². The lowest BCUT2D eigenvalue weighted by Gasteiger charge is -2.29. The first-order valence-electron chi connectivity index (χ1n) is 5.26. The largest absolute Gasteiger partial charge is 0.394 e. The zero-order valence-corrected chi connectivity index (χ0v) is 9.85. The number of carbonyl (C=O) groups excluding carboxylic acids is 1. The lowest BCUT2D eigenvalue weighted by atomic mass is 10.0. The Labute approximate surface area is 94.4 Å². The summed E-state index contributed by atoms with van der Waals surface area (Å²) in [5.74, 6) is 0.956. The van der Waals surface area contributed by atoms with Gasteiger partial charge in [-0.1, -0.05) is 6.42 Å². The van der Waals surface area contributed by atoms with E-state index in [4.69, 9.17) is 10.2 Å². The molecule has 0 bridgehead atoms. The van der Waals surface area contributed by atoms with E-state index >= 15 is 0 Å². The normalized spacial score (nSPS) is 22.5. The highest BCUT2D eigenvalue weighted by molar-refractivity contribution is 8.00. The summed E-state index contributed by atoms with van der Waals surface area (Å²) in [5.41, 5.74) is -0.894. The molecule has 3 N–H and O–H groups in total. The summed E-state index contributed by atoms with van der Waals surface area (Å²) in [6, 6.07) is 0. The molecular weight excluding hydrogens is 214 g/mol. The van der Waals surface area contributed by atoms with Crippen molar-refractivity contribution in [2.24, 2.45) is 0 Å². The highest BCUT2D eigenvalue weighted by Gasteiger charge is 2.29. The number of nitrogens with one attached hydrogen (secondary N) is 1. The molecule has 0 aliphatic carbocycles. The van der Waals surface area contributed by atoms with E-state index in [1.165, 1.54) is 6.42 Å². The summed E-state index contributed by atoms with van der Waals surface area (Å²) >= 11 is 1.66. The fourth-order valence-corrected chi connectivity index (χ4v) is 2.65. The van der Waals surface area contributed by atoms with Gasteiger partial charge in [0.1, 0.15) is 0 Å². The second-order valence-electron chi connectivity index (χ2n) is 4.22. The van der Waals surface area contributed by atoms with Crippen LogP contribution in [0.2, 0.25) is 0 Å². The maximum Gasteiger partial charge on any atom is 0.233 e. The SMILES string of the molecule is CC(CO)(CO)NC(=O)C1CCCCS1. The van der Waals surface area contributed by atoms with Gasteiger partial charge in [-0.05, 0) is 25.5 Å². The molecule has 0 aromatic heterocycles. The second-order valence-corrected chi connectivity index (χ2v) is 5.53. The second kappa shape index (κ2) is 5.72. The number of hydrogen-bond donors (Lipinski definition) is 3. The minimum absolute atomic E-state index is 0.0174. The van der Waals surface area contributed by atoms with E-state index in [2.05, 4.69) is 5.32 Å². The molecule has 1 atom stereocenters. The van der Waals surface area contributed by atoms with Crippen molar-refractivity contribution < 1.29 is 15.0 Å². The van der Waals surface area contributed by atoms with E-state index in [0.717, 1.165) is 18.6 Å². The summed E-state index contributed by atoms with van der Waals surface area (Å²) in [4.78, 5) is 11.8. The molecule has 1 heterocycles.